The lowest BCUT2D eigenvalue weighted by Crippen LogP contribution is -2.26. The molecule has 1 spiro atoms. The van der Waals surface area contributed by atoms with Crippen LogP contribution < -0.4 is 0 Å². The van der Waals surface area contributed by atoms with Gasteiger partial charge in [-0.15, -0.1) is 0 Å². The second-order valence-electron chi connectivity index (χ2n) is 18.4. The average molecular weight is 890 g/mol. The molecule has 5 nitrogen and oxygen atoms in total. The minimum absolute atomic E-state index is 0.625. The second-order valence-corrected chi connectivity index (χ2v) is 18.4. The van der Waals surface area contributed by atoms with Crippen molar-refractivity contribution in [2.24, 2.45) is 0 Å². The van der Waals surface area contributed by atoms with Crippen LogP contribution in [0.2, 0.25) is 0 Å². The van der Waals surface area contributed by atoms with Gasteiger partial charge in [0.2, 0.25) is 5.95 Å². The van der Waals surface area contributed by atoms with E-state index in [0.717, 1.165) is 72.4 Å². The van der Waals surface area contributed by atoms with Gasteiger partial charge in [0.05, 0.1) is 39.2 Å². The van der Waals surface area contributed by atoms with Crippen LogP contribution in [0.3, 0.4) is 0 Å². The third-order valence-electron chi connectivity index (χ3n) is 14.9. The summed E-state index contributed by atoms with van der Waals surface area (Å²) < 4.78 is 2.29. The molecule has 0 saturated carbocycles. The fraction of sp³-hybridized carbons (Fsp3) is 0.0154. The van der Waals surface area contributed by atoms with E-state index in [1.807, 2.05) is 30.6 Å². The van der Waals surface area contributed by atoms with E-state index < -0.39 is 5.41 Å². The van der Waals surface area contributed by atoms with E-state index in [2.05, 4.69) is 211 Å². The summed E-state index contributed by atoms with van der Waals surface area (Å²) in [5.74, 6) is 0.625. The van der Waals surface area contributed by atoms with E-state index in [-0.39, 0.29) is 0 Å². The van der Waals surface area contributed by atoms with Crippen molar-refractivity contribution in [3.05, 3.63) is 259 Å². The summed E-state index contributed by atoms with van der Waals surface area (Å²) in [6.45, 7) is 0. The van der Waals surface area contributed by atoms with Crippen LogP contribution in [0.25, 0.3) is 117 Å². The Hall–Kier alpha value is -9.32. The minimum atomic E-state index is -0.683. The van der Waals surface area contributed by atoms with Gasteiger partial charge >= 0.3 is 0 Å². The van der Waals surface area contributed by atoms with Crippen molar-refractivity contribution >= 4 is 43.4 Å². The molecule has 70 heavy (non-hydrogen) atoms. The third-order valence-corrected chi connectivity index (χ3v) is 14.9. The van der Waals surface area contributed by atoms with Gasteiger partial charge in [0, 0.05) is 45.4 Å². The largest absolute Gasteiger partial charge is 0.278 e. The van der Waals surface area contributed by atoms with Crippen LogP contribution in [-0.4, -0.2) is 24.5 Å². The molecule has 15 rings (SSSR count). The number of rotatable bonds is 5. The third kappa shape index (κ3) is 5.37. The zero-order valence-electron chi connectivity index (χ0n) is 37.8. The Morgan fingerprint density at radius 2 is 0.900 bits per heavy atom. The van der Waals surface area contributed by atoms with Gasteiger partial charge in [-0.2, -0.15) is 0 Å². The molecule has 9 aromatic carbocycles. The number of hydrogen-bond acceptors (Lipinski definition) is 4. The lowest BCUT2D eigenvalue weighted by atomic mass is 9.70. The first-order chi connectivity index (χ1) is 34.7. The number of fused-ring (bicyclic) bond motifs is 15. The highest BCUT2D eigenvalue weighted by Gasteiger charge is 2.52. The van der Waals surface area contributed by atoms with E-state index in [9.17, 15) is 0 Å². The van der Waals surface area contributed by atoms with Crippen LogP contribution in [0.1, 0.15) is 22.3 Å². The lowest BCUT2D eigenvalue weighted by molar-refractivity contribution is 0.792. The maximum Gasteiger partial charge on any atom is 0.235 e. The van der Waals surface area contributed by atoms with Crippen LogP contribution in [0.15, 0.2) is 237 Å². The van der Waals surface area contributed by atoms with Gasteiger partial charge in [0.15, 0.2) is 0 Å². The number of benzene rings is 9. The van der Waals surface area contributed by atoms with E-state index in [4.69, 9.17) is 19.9 Å². The fourth-order valence-corrected chi connectivity index (χ4v) is 12.1. The Labute approximate surface area is 403 Å². The minimum Gasteiger partial charge on any atom is -0.278 e. The van der Waals surface area contributed by atoms with Gasteiger partial charge in [0.25, 0.3) is 0 Å². The van der Waals surface area contributed by atoms with Crippen LogP contribution in [-0.2, 0) is 5.41 Å². The smallest absolute Gasteiger partial charge is 0.235 e. The van der Waals surface area contributed by atoms with Crippen LogP contribution in [0.4, 0.5) is 0 Å². The molecule has 4 heterocycles. The Kier molecular flexibility index (Phi) is 8.21. The predicted octanol–water partition coefficient (Wildman–Crippen LogP) is 15.7. The Bertz CT molecular complexity index is 4180. The van der Waals surface area contributed by atoms with E-state index in [1.54, 1.807) is 0 Å². The molecular formula is C65H39N5. The normalized spacial score (nSPS) is 14.3. The highest BCUT2D eigenvalue weighted by Crippen LogP contribution is 2.64. The zero-order valence-corrected chi connectivity index (χ0v) is 37.8. The first kappa shape index (κ1) is 38.8. The quantitative estimate of drug-likeness (QED) is 0.162. The molecule has 0 aliphatic heterocycles. The summed E-state index contributed by atoms with van der Waals surface area (Å²) in [6, 6.07) is 81.0. The molecule has 5 heteroatoms. The van der Waals surface area contributed by atoms with Gasteiger partial charge < -0.3 is 0 Å². The standard InChI is InChI=1S/C65H39N5/c1-3-18-40(19-4-1)57-39-58(41-20-5-2-6-21-41)69-64(68-57)70-59-31-14-12-23-44(59)51-37-50-43-22-11-13-28-52(43)65(55(50)38-60(51)70)53-29-17-35-67-63(53)49-33-32-42(36-54(49)65)61-45-24-7-9-26-47(45)62(56-30-15-16-34-66-56)48-27-10-8-25-46(48)61/h1-39H. The van der Waals surface area contributed by atoms with Crippen molar-refractivity contribution in [3.63, 3.8) is 0 Å². The van der Waals surface area contributed by atoms with Crippen LogP contribution >= 0.6 is 0 Å². The molecule has 0 radical (unpaired) electrons. The monoisotopic (exact) mass is 889 g/mol. The van der Waals surface area contributed by atoms with Gasteiger partial charge in [-0.05, 0) is 115 Å². The first-order valence-electron chi connectivity index (χ1n) is 23.9. The zero-order chi connectivity index (χ0) is 45.9. The summed E-state index contributed by atoms with van der Waals surface area (Å²) in [5.41, 5.74) is 19.2. The molecule has 0 saturated heterocycles. The molecular weight excluding hydrogens is 851 g/mol. The van der Waals surface area contributed by atoms with Gasteiger partial charge in [0.1, 0.15) is 0 Å². The number of para-hydroxylation sites is 1. The number of aromatic nitrogens is 5. The molecule has 1 unspecified atom stereocenters. The summed E-state index contributed by atoms with van der Waals surface area (Å²) in [7, 11) is 0. The molecule has 4 aromatic heterocycles. The Balaban J connectivity index is 1.03. The SMILES string of the molecule is c1ccc(-c2cc(-c3ccccc3)nc(-n3c4ccccc4c4cc5c(cc43)C3(c4ccccc4-5)c4cc(-c5c6ccccc6c(-c6ccccn6)c6ccccc56)ccc4-c4ncccc43)n2)cc1. The molecule has 2 aliphatic carbocycles. The van der Waals surface area contributed by atoms with E-state index in [1.165, 1.54) is 60.5 Å². The van der Waals surface area contributed by atoms with Crippen LogP contribution in [0.5, 0.6) is 0 Å². The van der Waals surface area contributed by atoms with Crippen LogP contribution in [0, 0.1) is 0 Å². The van der Waals surface area contributed by atoms with Crippen molar-refractivity contribution in [1.29, 1.82) is 0 Å². The summed E-state index contributed by atoms with van der Waals surface area (Å²) >= 11 is 0. The van der Waals surface area contributed by atoms with Gasteiger partial charge in [-0.25, -0.2) is 9.97 Å². The molecule has 0 fully saturated rings. The average Bonchev–Trinajstić information content (AvgIpc) is 4.03. The van der Waals surface area contributed by atoms with Crippen molar-refractivity contribution in [2.45, 2.75) is 5.41 Å². The topological polar surface area (TPSA) is 56.5 Å². The maximum atomic E-state index is 5.42. The predicted molar refractivity (Wildman–Crippen MR) is 285 cm³/mol. The fourth-order valence-electron chi connectivity index (χ4n) is 12.1. The van der Waals surface area contributed by atoms with Gasteiger partial charge in [-0.1, -0.05) is 176 Å². The molecule has 0 bridgehead atoms. The lowest BCUT2D eigenvalue weighted by Gasteiger charge is -2.30. The Morgan fingerprint density at radius 3 is 1.60 bits per heavy atom. The van der Waals surface area contributed by atoms with Crippen molar-refractivity contribution in [3.8, 4) is 73.2 Å². The van der Waals surface area contributed by atoms with Crippen molar-refractivity contribution in [2.75, 3.05) is 0 Å². The Morgan fingerprint density at radius 1 is 0.314 bits per heavy atom. The number of nitrogens with zero attached hydrogens (tertiary/aromatic N) is 5. The molecule has 13 aromatic rings. The highest BCUT2D eigenvalue weighted by atomic mass is 15.2. The summed E-state index contributed by atoms with van der Waals surface area (Å²) in [4.78, 5) is 21.0. The molecule has 0 amide bonds. The summed E-state index contributed by atoms with van der Waals surface area (Å²) in [6.07, 6.45) is 3.83. The van der Waals surface area contributed by atoms with Crippen molar-refractivity contribution in [1.82, 2.24) is 24.5 Å². The van der Waals surface area contributed by atoms with Gasteiger partial charge in [-0.3, -0.25) is 14.5 Å². The summed E-state index contributed by atoms with van der Waals surface area (Å²) in [5, 5.41) is 7.04. The number of hydrogen-bond donors (Lipinski definition) is 0. The first-order valence-corrected chi connectivity index (χ1v) is 23.9. The molecule has 2 aliphatic rings. The second kappa shape index (κ2) is 14.8. The van der Waals surface area contributed by atoms with E-state index >= 15 is 0 Å². The molecule has 324 valence electrons. The highest BCUT2D eigenvalue weighted by molar-refractivity contribution is 6.21. The van der Waals surface area contributed by atoms with Crippen molar-refractivity contribution < 1.29 is 0 Å². The molecule has 0 N–H and O–H groups in total. The number of pyridine rings is 2. The van der Waals surface area contributed by atoms with E-state index in [0.29, 0.717) is 5.95 Å². The molecule has 1 atom stereocenters. The maximum absolute atomic E-state index is 5.42.